The maximum absolute atomic E-state index is 11.5. The summed E-state index contributed by atoms with van der Waals surface area (Å²) in [4.78, 5) is 20.9. The summed E-state index contributed by atoms with van der Waals surface area (Å²) in [6.45, 7) is 5.67. The van der Waals surface area contributed by atoms with Crippen LogP contribution in [0.15, 0.2) is 12.3 Å². The number of likely N-dealkylation sites (tertiary alicyclic amines) is 1. The monoisotopic (exact) mass is 344 g/mol. The van der Waals surface area contributed by atoms with E-state index in [0.29, 0.717) is 11.0 Å². The van der Waals surface area contributed by atoms with Gasteiger partial charge in [0.1, 0.15) is 0 Å². The van der Waals surface area contributed by atoms with E-state index in [2.05, 4.69) is 21.8 Å². The first-order valence-electron chi connectivity index (χ1n) is 9.40. The molecule has 1 aliphatic carbocycles. The Morgan fingerprint density at radius 2 is 2.16 bits per heavy atom. The van der Waals surface area contributed by atoms with Crippen LogP contribution in [-0.4, -0.2) is 59.1 Å². The zero-order chi connectivity index (χ0) is 17.4. The molecule has 4 rings (SSSR count). The van der Waals surface area contributed by atoms with Gasteiger partial charge in [-0.2, -0.15) is 0 Å². The highest BCUT2D eigenvalue weighted by Crippen LogP contribution is 2.45. The molecule has 1 aromatic rings. The van der Waals surface area contributed by atoms with Crippen molar-refractivity contribution in [3.8, 4) is 0 Å². The van der Waals surface area contributed by atoms with Crippen molar-refractivity contribution in [2.45, 2.75) is 38.6 Å². The minimum absolute atomic E-state index is 0.428. The highest BCUT2D eigenvalue weighted by atomic mass is 16.5. The van der Waals surface area contributed by atoms with Crippen molar-refractivity contribution in [2.24, 2.45) is 11.3 Å². The van der Waals surface area contributed by atoms with Gasteiger partial charge in [0.25, 0.3) is 5.91 Å². The van der Waals surface area contributed by atoms with E-state index in [0.717, 1.165) is 36.7 Å². The van der Waals surface area contributed by atoms with Crippen molar-refractivity contribution in [3.05, 3.63) is 29.1 Å². The molecule has 2 aliphatic heterocycles. The molecule has 1 aromatic heterocycles. The van der Waals surface area contributed by atoms with Gasteiger partial charge in [0.2, 0.25) is 0 Å². The van der Waals surface area contributed by atoms with Gasteiger partial charge in [0.05, 0.1) is 11.3 Å². The molecule has 3 heterocycles. The molecule has 0 atom stereocenters. The van der Waals surface area contributed by atoms with Crippen LogP contribution in [0.2, 0.25) is 0 Å². The van der Waals surface area contributed by atoms with Gasteiger partial charge in [0, 0.05) is 38.9 Å². The van der Waals surface area contributed by atoms with Gasteiger partial charge >= 0.3 is 0 Å². The van der Waals surface area contributed by atoms with Crippen molar-refractivity contribution in [3.63, 3.8) is 0 Å². The highest BCUT2D eigenvalue weighted by molar-refractivity contribution is 5.93. The number of hydrogen-bond acceptors (Lipinski definition) is 5. The number of nitrogens with one attached hydrogen (secondary N) is 1. The van der Waals surface area contributed by atoms with Crippen LogP contribution in [0.4, 0.5) is 0 Å². The van der Waals surface area contributed by atoms with E-state index >= 15 is 0 Å². The number of hydrogen-bond donors (Lipinski definition) is 2. The van der Waals surface area contributed by atoms with E-state index in [1.54, 1.807) is 11.7 Å². The minimum Gasteiger partial charge on any atom is -0.305 e. The Bertz CT molecular complexity index is 647. The smallest absolute Gasteiger partial charge is 0.276 e. The predicted octanol–water partition coefficient (Wildman–Crippen LogP) is 1.68. The Labute approximate surface area is 149 Å². The van der Waals surface area contributed by atoms with Crippen LogP contribution < -0.4 is 5.48 Å². The van der Waals surface area contributed by atoms with Crippen LogP contribution in [0, 0.1) is 11.3 Å². The van der Waals surface area contributed by atoms with E-state index in [1.807, 2.05) is 6.07 Å². The van der Waals surface area contributed by atoms with Crippen molar-refractivity contribution in [1.29, 1.82) is 0 Å². The molecule has 1 amide bonds. The lowest BCUT2D eigenvalue weighted by molar-refractivity contribution is -0.0252. The topological polar surface area (TPSA) is 68.7 Å². The SMILES string of the molecule is CN1CC2(CCC(CN3CCc4cc(C(=O)NO)cnc4C3)CC2)C1. The van der Waals surface area contributed by atoms with Crippen molar-refractivity contribution in [1.82, 2.24) is 20.3 Å². The maximum atomic E-state index is 11.5. The maximum Gasteiger partial charge on any atom is 0.276 e. The van der Waals surface area contributed by atoms with Crippen LogP contribution in [0.1, 0.15) is 47.3 Å². The number of nitrogens with zero attached hydrogens (tertiary/aromatic N) is 3. The van der Waals surface area contributed by atoms with Crippen molar-refractivity contribution >= 4 is 5.91 Å². The molecule has 3 aliphatic rings. The fourth-order valence-electron chi connectivity index (χ4n) is 5.06. The van der Waals surface area contributed by atoms with E-state index < -0.39 is 5.91 Å². The molecule has 0 unspecified atom stereocenters. The van der Waals surface area contributed by atoms with Crippen LogP contribution >= 0.6 is 0 Å². The van der Waals surface area contributed by atoms with Gasteiger partial charge in [-0.15, -0.1) is 0 Å². The summed E-state index contributed by atoms with van der Waals surface area (Å²) >= 11 is 0. The predicted molar refractivity (Wildman–Crippen MR) is 94.4 cm³/mol. The number of aromatic nitrogens is 1. The summed E-state index contributed by atoms with van der Waals surface area (Å²) in [5, 5.41) is 8.75. The fraction of sp³-hybridized carbons (Fsp3) is 0.684. The third-order valence-corrected chi connectivity index (χ3v) is 6.39. The Balaban J connectivity index is 1.32. The van der Waals surface area contributed by atoms with Gasteiger partial charge in [-0.05, 0) is 62.1 Å². The molecule has 6 heteroatoms. The molecule has 1 saturated heterocycles. The fourth-order valence-corrected chi connectivity index (χ4v) is 5.06. The lowest BCUT2D eigenvalue weighted by atomic mass is 9.66. The van der Waals surface area contributed by atoms with Gasteiger partial charge < -0.3 is 4.90 Å². The first-order valence-corrected chi connectivity index (χ1v) is 9.40. The number of amides is 1. The average Bonchev–Trinajstić information content (AvgIpc) is 2.61. The molecule has 136 valence electrons. The van der Waals surface area contributed by atoms with Gasteiger partial charge in [-0.25, -0.2) is 5.48 Å². The Morgan fingerprint density at radius 1 is 1.40 bits per heavy atom. The van der Waals surface area contributed by atoms with Crippen molar-refractivity contribution in [2.75, 3.05) is 33.2 Å². The number of carbonyl (C=O) groups is 1. The van der Waals surface area contributed by atoms with E-state index in [9.17, 15) is 4.79 Å². The Morgan fingerprint density at radius 3 is 2.84 bits per heavy atom. The van der Waals surface area contributed by atoms with Crippen LogP contribution in [0.5, 0.6) is 0 Å². The summed E-state index contributed by atoms with van der Waals surface area (Å²) < 4.78 is 0. The molecular weight excluding hydrogens is 316 g/mol. The normalized spacial score (nSPS) is 23.9. The van der Waals surface area contributed by atoms with E-state index in [-0.39, 0.29) is 0 Å². The molecule has 0 bridgehead atoms. The van der Waals surface area contributed by atoms with Crippen molar-refractivity contribution < 1.29 is 10.0 Å². The molecule has 1 spiro atoms. The molecule has 0 radical (unpaired) electrons. The number of rotatable bonds is 3. The largest absolute Gasteiger partial charge is 0.305 e. The summed E-state index contributed by atoms with van der Waals surface area (Å²) in [6.07, 6.45) is 8.00. The lowest BCUT2D eigenvalue weighted by Crippen LogP contribution is -2.56. The second-order valence-corrected chi connectivity index (χ2v) is 8.37. The summed E-state index contributed by atoms with van der Waals surface area (Å²) in [5.74, 6) is 0.327. The second-order valence-electron chi connectivity index (χ2n) is 8.37. The Kier molecular flexibility index (Phi) is 4.52. The van der Waals surface area contributed by atoms with Crippen LogP contribution in [-0.2, 0) is 13.0 Å². The molecule has 6 nitrogen and oxygen atoms in total. The summed E-state index contributed by atoms with van der Waals surface area (Å²) in [5.41, 5.74) is 4.96. The van der Waals surface area contributed by atoms with Gasteiger partial charge in [0.15, 0.2) is 0 Å². The number of hydroxylamine groups is 1. The van der Waals surface area contributed by atoms with E-state index in [1.165, 1.54) is 45.3 Å². The quantitative estimate of drug-likeness (QED) is 0.645. The average molecular weight is 344 g/mol. The molecule has 2 fully saturated rings. The second kappa shape index (κ2) is 6.67. The number of pyridine rings is 1. The molecule has 0 aromatic carbocycles. The number of fused-ring (bicyclic) bond motifs is 1. The number of carbonyl (C=O) groups excluding carboxylic acids is 1. The summed E-state index contributed by atoms with van der Waals surface area (Å²) in [7, 11) is 2.23. The summed E-state index contributed by atoms with van der Waals surface area (Å²) in [6, 6.07) is 1.86. The zero-order valence-electron chi connectivity index (χ0n) is 15.0. The zero-order valence-corrected chi connectivity index (χ0v) is 15.0. The minimum atomic E-state index is -0.490. The third-order valence-electron chi connectivity index (χ3n) is 6.39. The molecular formula is C19H28N4O2. The molecule has 1 saturated carbocycles. The lowest BCUT2D eigenvalue weighted by Gasteiger charge is -2.52. The van der Waals surface area contributed by atoms with Crippen LogP contribution in [0.25, 0.3) is 0 Å². The standard InChI is InChI=1S/C19H28N4O2/c1-22-12-19(13-22)5-2-14(3-6-19)10-23-7-4-15-8-16(18(24)21-25)9-20-17(15)11-23/h8-9,14,25H,2-7,10-13H2,1H3,(H,21,24). The molecule has 25 heavy (non-hydrogen) atoms. The first-order chi connectivity index (χ1) is 12.1. The first kappa shape index (κ1) is 16.9. The third kappa shape index (κ3) is 3.43. The Hall–Kier alpha value is -1.50. The van der Waals surface area contributed by atoms with Gasteiger partial charge in [-0.1, -0.05) is 0 Å². The van der Waals surface area contributed by atoms with E-state index in [4.69, 9.17) is 5.21 Å². The highest BCUT2D eigenvalue weighted by Gasteiger charge is 2.43. The van der Waals surface area contributed by atoms with Crippen LogP contribution in [0.3, 0.4) is 0 Å². The van der Waals surface area contributed by atoms with Gasteiger partial charge in [-0.3, -0.25) is 19.9 Å². The molecule has 2 N–H and O–H groups in total.